The van der Waals surface area contributed by atoms with Crippen LogP contribution in [0.1, 0.15) is 32.2 Å². The summed E-state index contributed by atoms with van der Waals surface area (Å²) in [7, 11) is 0. The van der Waals surface area contributed by atoms with Gasteiger partial charge in [0.15, 0.2) is 5.78 Å². The van der Waals surface area contributed by atoms with Crippen LogP contribution in [0.5, 0.6) is 0 Å². The summed E-state index contributed by atoms with van der Waals surface area (Å²) in [4.78, 5) is 16.5. The smallest absolute Gasteiger partial charge is 0.169 e. The molecule has 0 aliphatic rings. The minimum absolute atomic E-state index is 0.153. The van der Waals surface area contributed by atoms with Gasteiger partial charge in [0.25, 0.3) is 0 Å². The Morgan fingerprint density at radius 3 is 2.71 bits per heavy atom. The first-order chi connectivity index (χ1) is 8.08. The van der Waals surface area contributed by atoms with Crippen LogP contribution in [0, 0.1) is 20.8 Å². The Hall–Kier alpha value is -1.48. The highest BCUT2D eigenvalue weighted by atomic mass is 32.1. The number of ketones is 1. The zero-order valence-corrected chi connectivity index (χ0v) is 11.1. The van der Waals surface area contributed by atoms with E-state index in [1.54, 1.807) is 11.3 Å². The Labute approximate surface area is 105 Å². The van der Waals surface area contributed by atoms with E-state index in [2.05, 4.69) is 4.98 Å². The lowest BCUT2D eigenvalue weighted by molar-refractivity contribution is 0.0992. The van der Waals surface area contributed by atoms with Crippen molar-refractivity contribution >= 4 is 17.1 Å². The molecule has 0 unspecified atom stereocenters. The van der Waals surface area contributed by atoms with Crippen LogP contribution in [0.4, 0.5) is 0 Å². The third-order valence-corrected chi connectivity index (χ3v) is 3.85. The van der Waals surface area contributed by atoms with Crippen LogP contribution in [-0.4, -0.2) is 10.8 Å². The summed E-state index contributed by atoms with van der Waals surface area (Å²) < 4.78 is 0. The second kappa shape index (κ2) is 4.80. The van der Waals surface area contributed by atoms with E-state index in [0.29, 0.717) is 6.42 Å². The van der Waals surface area contributed by atoms with Gasteiger partial charge in [-0.1, -0.05) is 18.2 Å². The molecule has 2 aromatic rings. The Morgan fingerprint density at radius 2 is 2.06 bits per heavy atom. The van der Waals surface area contributed by atoms with Crippen molar-refractivity contribution in [1.82, 2.24) is 4.98 Å². The molecule has 3 heteroatoms. The van der Waals surface area contributed by atoms with E-state index in [1.807, 2.05) is 44.4 Å². The summed E-state index contributed by atoms with van der Waals surface area (Å²) in [5.41, 5.74) is 4.04. The van der Waals surface area contributed by atoms with Gasteiger partial charge in [-0.2, -0.15) is 0 Å². The monoisotopic (exact) mass is 245 g/mol. The van der Waals surface area contributed by atoms with Gasteiger partial charge in [-0.15, -0.1) is 11.3 Å². The molecule has 2 rings (SSSR count). The van der Waals surface area contributed by atoms with E-state index in [4.69, 9.17) is 0 Å². The summed E-state index contributed by atoms with van der Waals surface area (Å²) in [6.45, 7) is 5.97. The van der Waals surface area contributed by atoms with E-state index >= 15 is 0 Å². The van der Waals surface area contributed by atoms with Crippen molar-refractivity contribution in [2.75, 3.05) is 0 Å². The normalized spacial score (nSPS) is 10.5. The first-order valence-corrected chi connectivity index (χ1v) is 6.46. The number of hydrogen-bond acceptors (Lipinski definition) is 3. The van der Waals surface area contributed by atoms with Gasteiger partial charge in [-0.3, -0.25) is 4.79 Å². The number of Topliss-reactive ketones (excluding diaryl/α,β-unsaturated/α-hetero) is 1. The zero-order valence-electron chi connectivity index (χ0n) is 10.3. The molecule has 0 amide bonds. The lowest BCUT2D eigenvalue weighted by Crippen LogP contribution is -2.06. The Balaban J connectivity index is 2.23. The number of thiazole rings is 1. The summed E-state index contributed by atoms with van der Waals surface area (Å²) >= 11 is 1.55. The quantitative estimate of drug-likeness (QED) is 0.775. The van der Waals surface area contributed by atoms with Gasteiger partial charge in [0, 0.05) is 16.6 Å². The standard InChI is InChI=1S/C14H15NOS/c1-9-5-4-6-12(11(9)3)13(16)7-14-15-10(2)8-17-14/h4-6,8H,7H2,1-3H3. The average Bonchev–Trinajstić information content (AvgIpc) is 2.68. The number of nitrogens with zero attached hydrogens (tertiary/aromatic N) is 1. The van der Waals surface area contributed by atoms with Crippen LogP contribution in [0.25, 0.3) is 0 Å². The number of aryl methyl sites for hydroxylation is 2. The highest BCUT2D eigenvalue weighted by Crippen LogP contribution is 2.17. The lowest BCUT2D eigenvalue weighted by atomic mass is 9.99. The first kappa shape index (κ1) is 12.0. The molecule has 1 aromatic heterocycles. The Morgan fingerprint density at radius 1 is 1.29 bits per heavy atom. The fraction of sp³-hybridized carbons (Fsp3) is 0.286. The molecular formula is C14H15NOS. The molecule has 0 saturated carbocycles. The Bertz CT molecular complexity index is 557. The summed E-state index contributed by atoms with van der Waals surface area (Å²) in [5.74, 6) is 0.153. The van der Waals surface area contributed by atoms with Crippen LogP contribution in [0.2, 0.25) is 0 Å². The zero-order chi connectivity index (χ0) is 12.4. The van der Waals surface area contributed by atoms with Crippen molar-refractivity contribution in [1.29, 1.82) is 0 Å². The lowest BCUT2D eigenvalue weighted by Gasteiger charge is -2.06. The molecule has 17 heavy (non-hydrogen) atoms. The van der Waals surface area contributed by atoms with E-state index in [1.165, 1.54) is 0 Å². The fourth-order valence-corrected chi connectivity index (χ4v) is 2.54. The van der Waals surface area contributed by atoms with Crippen molar-refractivity contribution in [2.45, 2.75) is 27.2 Å². The van der Waals surface area contributed by atoms with Gasteiger partial charge in [-0.25, -0.2) is 4.98 Å². The van der Waals surface area contributed by atoms with Gasteiger partial charge in [0.1, 0.15) is 5.01 Å². The van der Waals surface area contributed by atoms with E-state index < -0.39 is 0 Å². The molecule has 1 heterocycles. The van der Waals surface area contributed by atoms with Gasteiger partial charge in [0.2, 0.25) is 0 Å². The highest BCUT2D eigenvalue weighted by Gasteiger charge is 2.12. The highest BCUT2D eigenvalue weighted by molar-refractivity contribution is 7.09. The third-order valence-electron chi connectivity index (χ3n) is 2.88. The van der Waals surface area contributed by atoms with Crippen molar-refractivity contribution < 1.29 is 4.79 Å². The molecular weight excluding hydrogens is 230 g/mol. The van der Waals surface area contributed by atoms with E-state index in [9.17, 15) is 4.79 Å². The largest absolute Gasteiger partial charge is 0.294 e. The molecule has 0 N–H and O–H groups in total. The number of carbonyl (C=O) groups excluding carboxylic acids is 1. The van der Waals surface area contributed by atoms with Crippen molar-refractivity contribution in [2.24, 2.45) is 0 Å². The van der Waals surface area contributed by atoms with Crippen molar-refractivity contribution in [3.63, 3.8) is 0 Å². The summed E-state index contributed by atoms with van der Waals surface area (Å²) in [6, 6.07) is 5.85. The molecule has 88 valence electrons. The van der Waals surface area contributed by atoms with Crippen LogP contribution >= 0.6 is 11.3 Å². The topological polar surface area (TPSA) is 30.0 Å². The molecule has 0 aliphatic carbocycles. The maximum absolute atomic E-state index is 12.2. The molecule has 1 aromatic carbocycles. The molecule has 0 bridgehead atoms. The second-order valence-electron chi connectivity index (χ2n) is 4.23. The molecule has 0 spiro atoms. The number of benzene rings is 1. The van der Waals surface area contributed by atoms with Crippen LogP contribution in [0.3, 0.4) is 0 Å². The summed E-state index contributed by atoms with van der Waals surface area (Å²) in [6.07, 6.45) is 0.406. The van der Waals surface area contributed by atoms with Gasteiger partial charge >= 0.3 is 0 Å². The molecule has 0 radical (unpaired) electrons. The second-order valence-corrected chi connectivity index (χ2v) is 5.17. The number of rotatable bonds is 3. The van der Waals surface area contributed by atoms with Crippen molar-refractivity contribution in [3.05, 3.63) is 51.0 Å². The number of carbonyl (C=O) groups is 1. The van der Waals surface area contributed by atoms with Gasteiger partial charge < -0.3 is 0 Å². The van der Waals surface area contributed by atoms with Crippen LogP contribution in [0.15, 0.2) is 23.6 Å². The maximum Gasteiger partial charge on any atom is 0.169 e. The summed E-state index contributed by atoms with van der Waals surface area (Å²) in [5, 5.41) is 2.87. The van der Waals surface area contributed by atoms with Crippen LogP contribution in [-0.2, 0) is 6.42 Å². The fourth-order valence-electron chi connectivity index (χ4n) is 1.77. The molecule has 0 atom stereocenters. The Kier molecular flexibility index (Phi) is 3.38. The molecule has 0 aliphatic heterocycles. The molecule has 0 fully saturated rings. The molecule has 0 saturated heterocycles. The van der Waals surface area contributed by atoms with E-state index in [0.717, 1.165) is 27.4 Å². The minimum Gasteiger partial charge on any atom is -0.294 e. The van der Waals surface area contributed by atoms with E-state index in [-0.39, 0.29) is 5.78 Å². The van der Waals surface area contributed by atoms with Crippen LogP contribution < -0.4 is 0 Å². The average molecular weight is 245 g/mol. The maximum atomic E-state index is 12.2. The third kappa shape index (κ3) is 2.61. The van der Waals surface area contributed by atoms with Gasteiger partial charge in [0.05, 0.1) is 6.42 Å². The number of hydrogen-bond donors (Lipinski definition) is 0. The number of aromatic nitrogens is 1. The predicted molar refractivity (Wildman–Crippen MR) is 70.8 cm³/mol. The minimum atomic E-state index is 0.153. The van der Waals surface area contributed by atoms with Crippen molar-refractivity contribution in [3.8, 4) is 0 Å². The SMILES string of the molecule is Cc1csc(CC(=O)c2cccc(C)c2C)n1. The predicted octanol–water partition coefficient (Wildman–Crippen LogP) is 3.49. The first-order valence-electron chi connectivity index (χ1n) is 5.58. The van der Waals surface area contributed by atoms with Gasteiger partial charge in [-0.05, 0) is 31.9 Å². The molecule has 2 nitrogen and oxygen atoms in total.